The summed E-state index contributed by atoms with van der Waals surface area (Å²) in [6.07, 6.45) is -1.02. The molecule has 2 aromatic rings. The molecule has 0 aliphatic heterocycles. The Labute approximate surface area is 123 Å². The Kier molecular flexibility index (Phi) is 4.07. The average molecular weight is 291 g/mol. The van der Waals surface area contributed by atoms with Crippen molar-refractivity contribution >= 4 is 10.9 Å². The monoisotopic (exact) mass is 291 g/mol. The Morgan fingerprint density at radius 3 is 2.52 bits per heavy atom. The van der Waals surface area contributed by atoms with Crippen LogP contribution in [0.25, 0.3) is 10.9 Å². The number of nitrogens with zero attached hydrogens (tertiary/aromatic N) is 1. The number of methoxy groups -OCH3 is 1. The molecule has 0 saturated heterocycles. The van der Waals surface area contributed by atoms with Gasteiger partial charge in [0.2, 0.25) is 0 Å². The molecule has 0 aliphatic carbocycles. The number of para-hydroxylation sites is 1. The summed E-state index contributed by atoms with van der Waals surface area (Å²) in [6.45, 7) is 3.02. The van der Waals surface area contributed by atoms with E-state index in [0.29, 0.717) is 11.3 Å². The van der Waals surface area contributed by atoms with Crippen molar-refractivity contribution in [1.82, 2.24) is 4.57 Å². The molecule has 0 fully saturated rings. The maximum atomic E-state index is 12.5. The van der Waals surface area contributed by atoms with E-state index in [1.807, 2.05) is 24.3 Å². The lowest BCUT2D eigenvalue weighted by Gasteiger charge is -2.25. The molecule has 21 heavy (non-hydrogen) atoms. The second-order valence-corrected chi connectivity index (χ2v) is 5.77. The highest BCUT2D eigenvalue weighted by Gasteiger charge is 2.28. The number of hydrogen-bond donors (Lipinski definition) is 2. The molecule has 2 N–H and O–H groups in total. The number of pyridine rings is 1. The molecule has 0 spiro atoms. The highest BCUT2D eigenvalue weighted by atomic mass is 16.5. The molecule has 0 saturated carbocycles. The fraction of sp³-hybridized carbons (Fsp3) is 0.438. The molecule has 1 atom stereocenters. The maximum absolute atomic E-state index is 12.5. The van der Waals surface area contributed by atoms with Gasteiger partial charge in [0.15, 0.2) is 0 Å². The Morgan fingerprint density at radius 2 is 1.95 bits per heavy atom. The number of rotatable bonds is 4. The number of benzene rings is 1. The van der Waals surface area contributed by atoms with Gasteiger partial charge in [0.1, 0.15) is 5.75 Å². The fourth-order valence-corrected chi connectivity index (χ4v) is 2.39. The summed E-state index contributed by atoms with van der Waals surface area (Å²) in [4.78, 5) is 12.5. The average Bonchev–Trinajstić information content (AvgIpc) is 2.43. The van der Waals surface area contributed by atoms with Crippen molar-refractivity contribution in [2.75, 3.05) is 7.11 Å². The zero-order valence-electron chi connectivity index (χ0n) is 12.8. The van der Waals surface area contributed by atoms with E-state index in [4.69, 9.17) is 4.74 Å². The summed E-state index contributed by atoms with van der Waals surface area (Å²) >= 11 is 0. The first-order valence-electron chi connectivity index (χ1n) is 6.82. The topological polar surface area (TPSA) is 71.7 Å². The van der Waals surface area contributed by atoms with Crippen LogP contribution in [0.4, 0.5) is 0 Å². The van der Waals surface area contributed by atoms with Crippen molar-refractivity contribution in [3.8, 4) is 5.75 Å². The molecular weight excluding hydrogens is 270 g/mol. The van der Waals surface area contributed by atoms with Crippen molar-refractivity contribution in [2.45, 2.75) is 32.0 Å². The van der Waals surface area contributed by atoms with E-state index in [0.717, 1.165) is 10.9 Å². The molecule has 0 bridgehead atoms. The molecular formula is C16H21NO4. The standard InChI is InChI=1S/C16H21NO4/c1-16(2,20)13(18)9-11-14(21-4)10-7-5-6-8-12(10)17(3)15(11)19/h5-8,13,18,20H,9H2,1-4H3/t13-/m1/s1. The van der Waals surface area contributed by atoms with Crippen LogP contribution in [0.5, 0.6) is 5.75 Å². The van der Waals surface area contributed by atoms with Crippen LogP contribution in [0.15, 0.2) is 29.1 Å². The Morgan fingerprint density at radius 1 is 1.33 bits per heavy atom. The van der Waals surface area contributed by atoms with Gasteiger partial charge in [0.25, 0.3) is 5.56 Å². The second-order valence-electron chi connectivity index (χ2n) is 5.77. The first-order chi connectivity index (χ1) is 9.77. The quantitative estimate of drug-likeness (QED) is 0.888. The van der Waals surface area contributed by atoms with Crippen LogP contribution in [0.3, 0.4) is 0 Å². The first kappa shape index (κ1) is 15.5. The molecule has 5 nitrogen and oxygen atoms in total. The van der Waals surface area contributed by atoms with Gasteiger partial charge in [-0.05, 0) is 26.0 Å². The van der Waals surface area contributed by atoms with E-state index in [1.165, 1.54) is 25.5 Å². The fourth-order valence-electron chi connectivity index (χ4n) is 2.39. The van der Waals surface area contributed by atoms with Gasteiger partial charge < -0.3 is 19.5 Å². The molecule has 0 unspecified atom stereocenters. The number of hydrogen-bond acceptors (Lipinski definition) is 4. The minimum atomic E-state index is -1.29. The molecule has 1 aromatic carbocycles. The lowest BCUT2D eigenvalue weighted by Crippen LogP contribution is -2.39. The van der Waals surface area contributed by atoms with E-state index in [9.17, 15) is 15.0 Å². The maximum Gasteiger partial charge on any atom is 0.257 e. The van der Waals surface area contributed by atoms with Crippen LogP contribution in [0.1, 0.15) is 19.4 Å². The number of aliphatic hydroxyl groups is 2. The van der Waals surface area contributed by atoms with Crippen molar-refractivity contribution < 1.29 is 14.9 Å². The van der Waals surface area contributed by atoms with Gasteiger partial charge in [-0.25, -0.2) is 0 Å². The molecule has 0 radical (unpaired) electrons. The Balaban J connectivity index is 2.68. The largest absolute Gasteiger partial charge is 0.496 e. The second kappa shape index (κ2) is 5.50. The molecule has 5 heteroatoms. The zero-order valence-corrected chi connectivity index (χ0v) is 12.8. The molecule has 0 amide bonds. The van der Waals surface area contributed by atoms with Gasteiger partial charge in [-0.3, -0.25) is 4.79 Å². The van der Waals surface area contributed by atoms with Crippen LogP contribution in [0.2, 0.25) is 0 Å². The van der Waals surface area contributed by atoms with Crippen molar-refractivity contribution in [3.05, 3.63) is 40.2 Å². The van der Waals surface area contributed by atoms with Gasteiger partial charge in [-0.2, -0.15) is 0 Å². The van der Waals surface area contributed by atoms with Crippen molar-refractivity contribution in [3.63, 3.8) is 0 Å². The van der Waals surface area contributed by atoms with E-state index in [1.54, 1.807) is 7.05 Å². The van der Waals surface area contributed by atoms with Gasteiger partial charge in [0.05, 0.1) is 29.9 Å². The van der Waals surface area contributed by atoms with Crippen LogP contribution in [-0.2, 0) is 13.5 Å². The zero-order chi connectivity index (χ0) is 15.8. The third kappa shape index (κ3) is 2.80. The van der Waals surface area contributed by atoms with E-state index in [-0.39, 0.29) is 12.0 Å². The summed E-state index contributed by atoms with van der Waals surface area (Å²) in [5, 5.41) is 20.8. The number of aryl methyl sites for hydroxylation is 1. The van der Waals surface area contributed by atoms with Crippen LogP contribution in [0, 0.1) is 0 Å². The van der Waals surface area contributed by atoms with E-state index < -0.39 is 11.7 Å². The number of fused-ring (bicyclic) bond motifs is 1. The summed E-state index contributed by atoms with van der Waals surface area (Å²) < 4.78 is 6.93. The van der Waals surface area contributed by atoms with Gasteiger partial charge in [-0.15, -0.1) is 0 Å². The van der Waals surface area contributed by atoms with Gasteiger partial charge >= 0.3 is 0 Å². The lowest BCUT2D eigenvalue weighted by molar-refractivity contribution is -0.0472. The Hall–Kier alpha value is -1.85. The minimum absolute atomic E-state index is 0.0319. The highest BCUT2D eigenvalue weighted by molar-refractivity contribution is 5.86. The summed E-state index contributed by atoms with van der Waals surface area (Å²) in [5.41, 5.74) is -0.384. The van der Waals surface area contributed by atoms with Crippen LogP contribution < -0.4 is 10.3 Å². The predicted molar refractivity (Wildman–Crippen MR) is 81.7 cm³/mol. The molecule has 114 valence electrons. The van der Waals surface area contributed by atoms with E-state index in [2.05, 4.69) is 0 Å². The SMILES string of the molecule is COc1c(C[C@@H](O)C(C)(C)O)c(=O)n(C)c2ccccc12. The lowest BCUT2D eigenvalue weighted by atomic mass is 9.94. The number of aromatic nitrogens is 1. The molecule has 0 aliphatic rings. The third-order valence-electron chi connectivity index (χ3n) is 3.76. The summed E-state index contributed by atoms with van der Waals surface area (Å²) in [6, 6.07) is 7.43. The van der Waals surface area contributed by atoms with Gasteiger partial charge in [0, 0.05) is 18.9 Å². The number of ether oxygens (including phenoxy) is 1. The molecule has 1 heterocycles. The van der Waals surface area contributed by atoms with Gasteiger partial charge in [-0.1, -0.05) is 12.1 Å². The first-order valence-corrected chi connectivity index (χ1v) is 6.82. The highest BCUT2D eigenvalue weighted by Crippen LogP contribution is 2.28. The molecule has 1 aromatic heterocycles. The van der Waals surface area contributed by atoms with Crippen molar-refractivity contribution in [2.24, 2.45) is 7.05 Å². The molecule has 2 rings (SSSR count). The van der Waals surface area contributed by atoms with Crippen LogP contribution in [-0.4, -0.2) is 33.6 Å². The minimum Gasteiger partial charge on any atom is -0.496 e. The smallest absolute Gasteiger partial charge is 0.257 e. The van der Waals surface area contributed by atoms with E-state index >= 15 is 0 Å². The Bertz CT molecular complexity index is 713. The normalized spacial score (nSPS) is 13.4. The third-order valence-corrected chi connectivity index (χ3v) is 3.76. The summed E-state index contributed by atoms with van der Waals surface area (Å²) in [7, 11) is 3.19. The van der Waals surface area contributed by atoms with Crippen LogP contribution >= 0.6 is 0 Å². The summed E-state index contributed by atoms with van der Waals surface area (Å²) in [5.74, 6) is 0.456. The number of aliphatic hydroxyl groups excluding tert-OH is 1. The predicted octanol–water partition coefficient (Wildman–Crippen LogP) is 1.22. The van der Waals surface area contributed by atoms with Crippen molar-refractivity contribution in [1.29, 1.82) is 0 Å².